The van der Waals surface area contributed by atoms with Gasteiger partial charge < -0.3 is 4.42 Å². The first-order valence-corrected chi connectivity index (χ1v) is 13.4. The van der Waals surface area contributed by atoms with Crippen LogP contribution in [0.2, 0.25) is 0 Å². The molecule has 0 radical (unpaired) electrons. The molecule has 0 saturated carbocycles. The summed E-state index contributed by atoms with van der Waals surface area (Å²) in [5, 5.41) is 6.96. The van der Waals surface area contributed by atoms with Crippen molar-refractivity contribution in [3.8, 4) is 17.1 Å². The van der Waals surface area contributed by atoms with Crippen molar-refractivity contribution in [1.29, 1.82) is 0 Å². The number of rotatable bonds is 2. The largest absolute Gasteiger partial charge is 0.456 e. The highest BCUT2D eigenvalue weighted by atomic mass is 16.3. The lowest BCUT2D eigenvalue weighted by molar-refractivity contribution is 0.669. The second-order valence-corrected chi connectivity index (χ2v) is 10.3. The van der Waals surface area contributed by atoms with Gasteiger partial charge in [0.15, 0.2) is 5.82 Å². The molecule has 4 nitrogen and oxygen atoms in total. The predicted octanol–water partition coefficient (Wildman–Crippen LogP) is 9.45. The molecule has 3 aromatic heterocycles. The number of furan rings is 1. The molecule has 0 saturated heterocycles. The zero-order valence-corrected chi connectivity index (χ0v) is 21.4. The maximum absolute atomic E-state index is 6.36. The summed E-state index contributed by atoms with van der Waals surface area (Å²) >= 11 is 0. The Hall–Kier alpha value is -5.48. The van der Waals surface area contributed by atoms with Gasteiger partial charge in [-0.1, -0.05) is 84.9 Å². The molecule has 186 valence electrons. The monoisotopic (exact) mass is 511 g/mol. The van der Waals surface area contributed by atoms with Crippen LogP contribution in [0.4, 0.5) is 0 Å². The first-order valence-electron chi connectivity index (χ1n) is 13.4. The molecule has 0 atom stereocenters. The number of fused-ring (bicyclic) bond motifs is 8. The van der Waals surface area contributed by atoms with E-state index in [1.165, 1.54) is 16.2 Å². The highest BCUT2D eigenvalue weighted by Crippen LogP contribution is 2.41. The number of benzene rings is 6. The van der Waals surface area contributed by atoms with E-state index in [0.29, 0.717) is 0 Å². The zero-order chi connectivity index (χ0) is 26.2. The van der Waals surface area contributed by atoms with E-state index >= 15 is 0 Å². The van der Waals surface area contributed by atoms with Gasteiger partial charge in [-0.2, -0.15) is 0 Å². The number of aromatic nitrogens is 3. The van der Waals surface area contributed by atoms with Crippen molar-refractivity contribution in [2.45, 2.75) is 0 Å². The summed E-state index contributed by atoms with van der Waals surface area (Å²) in [5.41, 5.74) is 7.48. The Bertz CT molecular complexity index is 2430. The normalized spacial score (nSPS) is 12.0. The first-order chi connectivity index (χ1) is 19.8. The minimum atomic E-state index is 0.802. The van der Waals surface area contributed by atoms with Crippen LogP contribution in [-0.2, 0) is 0 Å². The summed E-state index contributed by atoms with van der Waals surface area (Å²) in [6.45, 7) is 0. The summed E-state index contributed by atoms with van der Waals surface area (Å²) in [6, 6.07) is 44.2. The Balaban J connectivity index is 1.50. The van der Waals surface area contributed by atoms with Gasteiger partial charge in [-0.3, -0.25) is 4.57 Å². The highest BCUT2D eigenvalue weighted by molar-refractivity contribution is 6.19. The fraction of sp³-hybridized carbons (Fsp3) is 0. The van der Waals surface area contributed by atoms with Crippen LogP contribution in [0.5, 0.6) is 0 Å². The second kappa shape index (κ2) is 8.01. The van der Waals surface area contributed by atoms with Crippen LogP contribution >= 0.6 is 0 Å². The van der Waals surface area contributed by atoms with Gasteiger partial charge in [-0.05, 0) is 47.2 Å². The lowest BCUT2D eigenvalue weighted by atomic mass is 10.0. The van der Waals surface area contributed by atoms with E-state index in [-0.39, 0.29) is 0 Å². The molecule has 0 aliphatic rings. The topological polar surface area (TPSA) is 43.9 Å². The molecule has 9 aromatic rings. The molecule has 4 heteroatoms. The molecule has 0 amide bonds. The van der Waals surface area contributed by atoms with Gasteiger partial charge in [-0.15, -0.1) is 0 Å². The smallest absolute Gasteiger partial charge is 0.165 e. The summed E-state index contributed by atoms with van der Waals surface area (Å²) in [4.78, 5) is 10.4. The van der Waals surface area contributed by atoms with Crippen LogP contribution in [-0.4, -0.2) is 14.5 Å². The van der Waals surface area contributed by atoms with Crippen LogP contribution in [0.3, 0.4) is 0 Å². The Kier molecular flexibility index (Phi) is 4.30. The maximum atomic E-state index is 6.36. The molecule has 9 rings (SSSR count). The molecule has 3 heterocycles. The summed E-state index contributed by atoms with van der Waals surface area (Å²) in [5.74, 6) is 0.802. The molecule has 40 heavy (non-hydrogen) atoms. The first kappa shape index (κ1) is 21.5. The number of hydrogen-bond acceptors (Lipinski definition) is 3. The van der Waals surface area contributed by atoms with Gasteiger partial charge in [-0.25, -0.2) is 9.97 Å². The van der Waals surface area contributed by atoms with Crippen molar-refractivity contribution >= 4 is 65.6 Å². The Morgan fingerprint density at radius 1 is 0.475 bits per heavy atom. The van der Waals surface area contributed by atoms with E-state index in [1.54, 1.807) is 0 Å². The van der Waals surface area contributed by atoms with E-state index in [4.69, 9.17) is 14.4 Å². The standard InChI is InChI=1S/C36H21N3O/c1-2-10-22(11-3-1)35-36(38-30-16-8-7-15-29(30)37-35)39-31-19-24-13-5-4-12-23(24)18-26(31)27-20-28-25-14-6-9-17-33(25)40-34(28)21-32(27)39/h1-21H. The van der Waals surface area contributed by atoms with Crippen LogP contribution < -0.4 is 0 Å². The second-order valence-electron chi connectivity index (χ2n) is 10.3. The van der Waals surface area contributed by atoms with E-state index in [0.717, 1.165) is 66.5 Å². The lowest BCUT2D eigenvalue weighted by Crippen LogP contribution is -2.03. The van der Waals surface area contributed by atoms with Gasteiger partial charge in [0.2, 0.25) is 0 Å². The van der Waals surface area contributed by atoms with Crippen molar-refractivity contribution in [1.82, 2.24) is 14.5 Å². The lowest BCUT2D eigenvalue weighted by Gasteiger charge is -2.14. The molecular formula is C36H21N3O. The van der Waals surface area contributed by atoms with Gasteiger partial charge >= 0.3 is 0 Å². The van der Waals surface area contributed by atoms with E-state index in [1.807, 2.05) is 54.6 Å². The Morgan fingerprint density at radius 2 is 1.12 bits per heavy atom. The maximum Gasteiger partial charge on any atom is 0.165 e. The van der Waals surface area contributed by atoms with E-state index in [2.05, 4.69) is 77.4 Å². The van der Waals surface area contributed by atoms with Crippen LogP contribution in [0.25, 0.3) is 82.6 Å². The van der Waals surface area contributed by atoms with Crippen LogP contribution in [0.15, 0.2) is 132 Å². The third-order valence-electron chi connectivity index (χ3n) is 7.94. The van der Waals surface area contributed by atoms with Gasteiger partial charge in [0, 0.05) is 33.2 Å². The quantitative estimate of drug-likeness (QED) is 0.232. The Morgan fingerprint density at radius 3 is 1.98 bits per heavy atom. The van der Waals surface area contributed by atoms with Crippen molar-refractivity contribution in [3.05, 3.63) is 127 Å². The average molecular weight is 512 g/mol. The fourth-order valence-electron chi connectivity index (χ4n) is 6.08. The number of nitrogens with zero attached hydrogens (tertiary/aromatic N) is 3. The predicted molar refractivity (Wildman–Crippen MR) is 164 cm³/mol. The van der Waals surface area contributed by atoms with Crippen molar-refractivity contribution in [2.75, 3.05) is 0 Å². The zero-order valence-electron chi connectivity index (χ0n) is 21.4. The summed E-state index contributed by atoms with van der Waals surface area (Å²) in [7, 11) is 0. The molecule has 0 unspecified atom stereocenters. The summed E-state index contributed by atoms with van der Waals surface area (Å²) < 4.78 is 8.63. The molecule has 0 fully saturated rings. The molecule has 0 aliphatic heterocycles. The minimum absolute atomic E-state index is 0.802. The van der Waals surface area contributed by atoms with Gasteiger partial charge in [0.05, 0.1) is 22.1 Å². The minimum Gasteiger partial charge on any atom is -0.456 e. The molecular weight excluding hydrogens is 490 g/mol. The molecule has 0 N–H and O–H groups in total. The Labute approximate surface area is 228 Å². The molecule has 0 aliphatic carbocycles. The number of para-hydroxylation sites is 3. The van der Waals surface area contributed by atoms with E-state index in [9.17, 15) is 0 Å². The van der Waals surface area contributed by atoms with Crippen LogP contribution in [0.1, 0.15) is 0 Å². The van der Waals surface area contributed by atoms with Gasteiger partial charge in [0.1, 0.15) is 16.9 Å². The van der Waals surface area contributed by atoms with Crippen molar-refractivity contribution < 1.29 is 4.42 Å². The molecule has 6 aromatic carbocycles. The number of hydrogen-bond donors (Lipinski definition) is 0. The van der Waals surface area contributed by atoms with Crippen molar-refractivity contribution in [2.24, 2.45) is 0 Å². The third-order valence-corrected chi connectivity index (χ3v) is 7.94. The summed E-state index contributed by atoms with van der Waals surface area (Å²) in [6.07, 6.45) is 0. The average Bonchev–Trinajstić information content (AvgIpc) is 3.52. The SMILES string of the molecule is c1ccc(-c2nc3ccccc3nc2-n2c3cc4ccccc4cc3c3cc4c(cc32)oc2ccccc24)cc1. The van der Waals surface area contributed by atoms with Crippen LogP contribution in [0, 0.1) is 0 Å². The fourth-order valence-corrected chi connectivity index (χ4v) is 6.08. The van der Waals surface area contributed by atoms with E-state index < -0.39 is 0 Å². The van der Waals surface area contributed by atoms with Gasteiger partial charge in [0.25, 0.3) is 0 Å². The molecule has 0 bridgehead atoms. The molecule has 0 spiro atoms. The van der Waals surface area contributed by atoms with Crippen molar-refractivity contribution in [3.63, 3.8) is 0 Å². The third kappa shape index (κ3) is 3.01. The highest BCUT2D eigenvalue weighted by Gasteiger charge is 2.21.